The van der Waals surface area contributed by atoms with Crippen molar-refractivity contribution in [2.45, 2.75) is 12.5 Å². The van der Waals surface area contributed by atoms with Crippen molar-refractivity contribution in [3.05, 3.63) is 70.5 Å². The summed E-state index contributed by atoms with van der Waals surface area (Å²) in [6.07, 6.45) is 0.295. The van der Waals surface area contributed by atoms with E-state index < -0.39 is 12.0 Å². The number of aromatic nitrogens is 1. The van der Waals surface area contributed by atoms with E-state index in [1.54, 1.807) is 12.1 Å². The lowest BCUT2D eigenvalue weighted by molar-refractivity contribution is -0.140. The molecule has 0 aliphatic heterocycles. The fraction of sp³-hybridized carbons (Fsp3) is 0.125. The van der Waals surface area contributed by atoms with Gasteiger partial charge >= 0.3 is 5.97 Å². The molecule has 2 aromatic carbocycles. The summed E-state index contributed by atoms with van der Waals surface area (Å²) in [7, 11) is 0. The van der Waals surface area contributed by atoms with Gasteiger partial charge in [0.25, 0.3) is 5.56 Å². The van der Waals surface area contributed by atoms with E-state index in [0.717, 1.165) is 10.3 Å². The summed E-state index contributed by atoms with van der Waals surface area (Å²) in [5.41, 5.74) is 0.660. The van der Waals surface area contributed by atoms with Crippen LogP contribution < -0.4 is 5.56 Å². The van der Waals surface area contributed by atoms with Gasteiger partial charge < -0.3 is 5.11 Å². The summed E-state index contributed by atoms with van der Waals surface area (Å²) in [5.74, 6) is -0.993. The van der Waals surface area contributed by atoms with Gasteiger partial charge in [-0.1, -0.05) is 54.0 Å². The first-order chi connectivity index (χ1) is 10.2. The van der Waals surface area contributed by atoms with Gasteiger partial charge in [-0.25, -0.2) is 8.75 Å². The Morgan fingerprint density at radius 3 is 2.43 bits per heavy atom. The Morgan fingerprint density at radius 1 is 1.10 bits per heavy atom. The van der Waals surface area contributed by atoms with Gasteiger partial charge in [-0.2, -0.15) is 0 Å². The third-order valence-corrected chi connectivity index (χ3v) is 4.52. The predicted octanol–water partition coefficient (Wildman–Crippen LogP) is 2.93. The molecule has 0 unspecified atom stereocenters. The number of nitrogens with zero attached hydrogens (tertiary/aromatic N) is 1. The molecule has 3 rings (SSSR count). The van der Waals surface area contributed by atoms with Crippen LogP contribution in [0.2, 0.25) is 0 Å². The molecule has 0 radical (unpaired) electrons. The molecule has 0 aliphatic rings. The molecule has 0 saturated heterocycles. The van der Waals surface area contributed by atoms with E-state index in [-0.39, 0.29) is 5.56 Å². The van der Waals surface area contributed by atoms with Gasteiger partial charge in [0.15, 0.2) is 0 Å². The second kappa shape index (κ2) is 5.54. The van der Waals surface area contributed by atoms with Crippen molar-refractivity contribution in [3.63, 3.8) is 0 Å². The van der Waals surface area contributed by atoms with E-state index in [9.17, 15) is 14.7 Å². The second-order valence-electron chi connectivity index (χ2n) is 4.76. The number of benzene rings is 2. The van der Waals surface area contributed by atoms with Crippen molar-refractivity contribution in [1.29, 1.82) is 0 Å². The number of fused-ring (bicyclic) bond motifs is 1. The molecular weight excluding hydrogens is 286 g/mol. The van der Waals surface area contributed by atoms with Crippen molar-refractivity contribution in [2.75, 3.05) is 0 Å². The van der Waals surface area contributed by atoms with Crippen LogP contribution in [0.25, 0.3) is 10.1 Å². The van der Waals surface area contributed by atoms with E-state index in [1.165, 1.54) is 15.5 Å². The average molecular weight is 299 g/mol. The van der Waals surface area contributed by atoms with Crippen LogP contribution in [-0.4, -0.2) is 15.0 Å². The zero-order valence-corrected chi connectivity index (χ0v) is 11.9. The standard InChI is InChI=1S/C16H13NO3S/c18-15-12-8-4-5-9-14(12)21-17(15)13(16(19)20)10-11-6-2-1-3-7-11/h1-9,13H,10H2,(H,19,20)/t13-/m1/s1. The lowest BCUT2D eigenvalue weighted by Gasteiger charge is -2.12. The Hall–Kier alpha value is -2.40. The molecule has 1 heterocycles. The van der Waals surface area contributed by atoms with Crippen molar-refractivity contribution in [2.24, 2.45) is 0 Å². The average Bonchev–Trinajstić information content (AvgIpc) is 2.83. The number of rotatable bonds is 4. The van der Waals surface area contributed by atoms with Gasteiger partial charge in [0.2, 0.25) is 0 Å². The summed E-state index contributed by atoms with van der Waals surface area (Å²) in [4.78, 5) is 24.0. The van der Waals surface area contributed by atoms with E-state index in [4.69, 9.17) is 0 Å². The SMILES string of the molecule is O=C(O)[C@@H](Cc1ccccc1)n1sc2ccccc2c1=O. The molecule has 0 bridgehead atoms. The molecule has 0 amide bonds. The number of carbonyl (C=O) groups is 1. The van der Waals surface area contributed by atoms with Gasteiger partial charge in [0, 0.05) is 6.42 Å². The Balaban J connectivity index is 2.06. The van der Waals surface area contributed by atoms with Crippen LogP contribution in [0.4, 0.5) is 0 Å². The first-order valence-electron chi connectivity index (χ1n) is 6.54. The van der Waals surface area contributed by atoms with Crippen LogP contribution in [0.3, 0.4) is 0 Å². The van der Waals surface area contributed by atoms with Crippen LogP contribution >= 0.6 is 11.5 Å². The summed E-state index contributed by atoms with van der Waals surface area (Å²) in [6, 6.07) is 15.7. The summed E-state index contributed by atoms with van der Waals surface area (Å²) >= 11 is 1.20. The monoisotopic (exact) mass is 299 g/mol. The molecule has 0 spiro atoms. The number of hydrogen-bond donors (Lipinski definition) is 1. The van der Waals surface area contributed by atoms with E-state index in [0.29, 0.717) is 11.8 Å². The van der Waals surface area contributed by atoms with Crippen molar-refractivity contribution in [3.8, 4) is 0 Å². The molecule has 0 aliphatic carbocycles. The number of carboxylic acids is 1. The van der Waals surface area contributed by atoms with Crippen LogP contribution in [0.15, 0.2) is 59.4 Å². The van der Waals surface area contributed by atoms with Gasteiger partial charge in [-0.3, -0.25) is 4.79 Å². The van der Waals surface area contributed by atoms with Gasteiger partial charge in [-0.05, 0) is 17.7 Å². The van der Waals surface area contributed by atoms with Crippen LogP contribution in [-0.2, 0) is 11.2 Å². The lowest BCUT2D eigenvalue weighted by atomic mass is 10.1. The maximum absolute atomic E-state index is 12.4. The Kier molecular flexibility index (Phi) is 3.58. The zero-order valence-electron chi connectivity index (χ0n) is 11.1. The summed E-state index contributed by atoms with van der Waals surface area (Å²) in [6.45, 7) is 0. The van der Waals surface area contributed by atoms with E-state index in [1.807, 2.05) is 42.5 Å². The molecule has 0 saturated carbocycles. The molecule has 3 aromatic rings. The minimum absolute atomic E-state index is 0.237. The molecule has 21 heavy (non-hydrogen) atoms. The minimum Gasteiger partial charge on any atom is -0.480 e. The maximum Gasteiger partial charge on any atom is 0.328 e. The van der Waals surface area contributed by atoms with Crippen molar-refractivity contribution in [1.82, 2.24) is 3.96 Å². The third-order valence-electron chi connectivity index (χ3n) is 3.35. The first-order valence-corrected chi connectivity index (χ1v) is 7.31. The molecular formula is C16H13NO3S. The largest absolute Gasteiger partial charge is 0.480 e. The zero-order chi connectivity index (χ0) is 14.8. The Morgan fingerprint density at radius 2 is 1.76 bits per heavy atom. The van der Waals surface area contributed by atoms with Crippen LogP contribution in [0.1, 0.15) is 11.6 Å². The first kappa shape index (κ1) is 13.6. The summed E-state index contributed by atoms with van der Waals surface area (Å²) in [5, 5.41) is 10.1. The minimum atomic E-state index is -0.993. The highest BCUT2D eigenvalue weighted by atomic mass is 32.1. The Labute approximate surface area is 125 Å². The highest BCUT2D eigenvalue weighted by Crippen LogP contribution is 2.22. The van der Waals surface area contributed by atoms with Gasteiger partial charge in [0.05, 0.1) is 10.1 Å². The second-order valence-corrected chi connectivity index (χ2v) is 5.78. The van der Waals surface area contributed by atoms with Crippen molar-refractivity contribution < 1.29 is 9.90 Å². The maximum atomic E-state index is 12.4. The fourth-order valence-electron chi connectivity index (χ4n) is 2.30. The Bertz CT molecular complexity index is 835. The number of hydrogen-bond acceptors (Lipinski definition) is 3. The predicted molar refractivity (Wildman–Crippen MR) is 82.9 cm³/mol. The molecule has 1 aromatic heterocycles. The van der Waals surface area contributed by atoms with E-state index in [2.05, 4.69) is 0 Å². The number of aliphatic carboxylic acids is 1. The highest BCUT2D eigenvalue weighted by Gasteiger charge is 2.24. The normalized spacial score (nSPS) is 12.4. The smallest absolute Gasteiger partial charge is 0.328 e. The van der Waals surface area contributed by atoms with Gasteiger partial charge in [0.1, 0.15) is 6.04 Å². The molecule has 4 nitrogen and oxygen atoms in total. The molecule has 106 valence electrons. The molecule has 5 heteroatoms. The van der Waals surface area contributed by atoms with Crippen LogP contribution in [0.5, 0.6) is 0 Å². The molecule has 1 atom stereocenters. The highest BCUT2D eigenvalue weighted by molar-refractivity contribution is 7.14. The van der Waals surface area contributed by atoms with Crippen LogP contribution in [0, 0.1) is 0 Å². The molecule has 1 N–H and O–H groups in total. The molecule has 0 fully saturated rings. The van der Waals surface area contributed by atoms with E-state index >= 15 is 0 Å². The topological polar surface area (TPSA) is 59.3 Å². The van der Waals surface area contributed by atoms with Crippen molar-refractivity contribution >= 4 is 27.6 Å². The summed E-state index contributed by atoms with van der Waals surface area (Å²) < 4.78 is 2.17. The third kappa shape index (κ3) is 2.60. The van der Waals surface area contributed by atoms with Gasteiger partial charge in [-0.15, -0.1) is 0 Å². The quantitative estimate of drug-likeness (QED) is 0.806. The fourth-order valence-corrected chi connectivity index (χ4v) is 3.38. The number of carboxylic acid groups (broad SMARTS) is 1. The lowest BCUT2D eigenvalue weighted by Crippen LogP contribution is -2.27.